The molecule has 2 heteroatoms. The molecule has 0 saturated carbocycles. The fraction of sp³-hybridized carbons (Fsp3) is 0.188. The predicted octanol–water partition coefficient (Wildman–Crippen LogP) is 3.26. The van der Waals surface area contributed by atoms with Crippen LogP contribution in [0.2, 0.25) is 0 Å². The van der Waals surface area contributed by atoms with Gasteiger partial charge in [-0.3, -0.25) is 4.79 Å². The molecule has 2 aromatic rings. The van der Waals surface area contributed by atoms with Gasteiger partial charge in [0.2, 0.25) is 0 Å². The Morgan fingerprint density at radius 2 is 1.67 bits per heavy atom. The van der Waals surface area contributed by atoms with E-state index in [0.29, 0.717) is 13.2 Å². The van der Waals surface area contributed by atoms with Crippen LogP contribution in [0.15, 0.2) is 54.6 Å². The number of carbonyl (C=O) groups excluding carboxylic acids is 1. The fourth-order valence-corrected chi connectivity index (χ4v) is 1.82. The van der Waals surface area contributed by atoms with Crippen molar-refractivity contribution in [3.8, 4) is 0 Å². The lowest BCUT2D eigenvalue weighted by Gasteiger charge is -2.06. The number of benzene rings is 2. The second kappa shape index (κ2) is 6.72. The number of aldehydes is 1. The molecule has 0 atom stereocenters. The monoisotopic (exact) mass is 240 g/mol. The zero-order chi connectivity index (χ0) is 12.6. The van der Waals surface area contributed by atoms with Gasteiger partial charge >= 0.3 is 0 Å². The van der Waals surface area contributed by atoms with Gasteiger partial charge in [0.1, 0.15) is 6.29 Å². The van der Waals surface area contributed by atoms with Gasteiger partial charge in [0.15, 0.2) is 0 Å². The Bertz CT molecular complexity index is 491. The first-order chi connectivity index (χ1) is 8.90. The minimum Gasteiger partial charge on any atom is -0.376 e. The summed E-state index contributed by atoms with van der Waals surface area (Å²) >= 11 is 0. The highest BCUT2D eigenvalue weighted by molar-refractivity contribution is 5.77. The van der Waals surface area contributed by atoms with Crippen molar-refractivity contribution < 1.29 is 9.53 Å². The maximum atomic E-state index is 10.8. The molecule has 2 aromatic carbocycles. The van der Waals surface area contributed by atoms with Gasteiger partial charge < -0.3 is 4.74 Å². The summed E-state index contributed by atoms with van der Waals surface area (Å²) < 4.78 is 5.61. The van der Waals surface area contributed by atoms with Gasteiger partial charge in [-0.1, -0.05) is 54.6 Å². The molecule has 0 unspecified atom stereocenters. The van der Waals surface area contributed by atoms with Crippen molar-refractivity contribution in [1.82, 2.24) is 0 Å². The topological polar surface area (TPSA) is 26.3 Å². The molecule has 2 rings (SSSR count). The minimum atomic E-state index is 0.615. The first kappa shape index (κ1) is 12.5. The quantitative estimate of drug-likeness (QED) is 0.572. The zero-order valence-corrected chi connectivity index (χ0v) is 10.2. The molecular formula is C16H16O2. The second-order valence-corrected chi connectivity index (χ2v) is 4.10. The molecule has 0 aliphatic rings. The molecular weight excluding hydrogens is 224 g/mol. The normalized spacial score (nSPS) is 10.2. The summed E-state index contributed by atoms with van der Waals surface area (Å²) in [5.74, 6) is 0. The molecule has 0 aromatic heterocycles. The van der Waals surface area contributed by atoms with Gasteiger partial charge in [0.25, 0.3) is 0 Å². The maximum absolute atomic E-state index is 10.8. The van der Waals surface area contributed by atoms with Crippen LogP contribution in [0.1, 0.15) is 21.5 Å². The first-order valence-corrected chi connectivity index (χ1v) is 6.05. The van der Waals surface area contributed by atoms with Crippen molar-refractivity contribution >= 4 is 6.29 Å². The summed E-state index contributed by atoms with van der Waals surface area (Å²) in [4.78, 5) is 10.8. The van der Waals surface area contributed by atoms with E-state index in [-0.39, 0.29) is 0 Å². The minimum absolute atomic E-state index is 0.615. The van der Waals surface area contributed by atoms with E-state index in [0.717, 1.165) is 23.8 Å². The molecule has 0 bridgehead atoms. The van der Waals surface area contributed by atoms with Crippen LogP contribution >= 0.6 is 0 Å². The van der Waals surface area contributed by atoms with Gasteiger partial charge in [0, 0.05) is 5.56 Å². The third kappa shape index (κ3) is 3.54. The lowest BCUT2D eigenvalue weighted by molar-refractivity contribution is 0.111. The molecule has 0 aliphatic heterocycles. The molecule has 0 radical (unpaired) electrons. The summed E-state index contributed by atoms with van der Waals surface area (Å²) in [5.41, 5.74) is 2.96. The van der Waals surface area contributed by atoms with Gasteiger partial charge in [0.05, 0.1) is 13.2 Å². The van der Waals surface area contributed by atoms with Crippen LogP contribution in [-0.2, 0) is 17.8 Å². The molecule has 0 amide bonds. The highest BCUT2D eigenvalue weighted by atomic mass is 16.5. The van der Waals surface area contributed by atoms with E-state index in [9.17, 15) is 4.79 Å². The van der Waals surface area contributed by atoms with Crippen molar-refractivity contribution in [3.63, 3.8) is 0 Å². The Labute approximate surface area is 107 Å². The van der Waals surface area contributed by atoms with Crippen molar-refractivity contribution in [1.29, 1.82) is 0 Å². The van der Waals surface area contributed by atoms with E-state index in [1.165, 1.54) is 5.56 Å². The van der Waals surface area contributed by atoms with Gasteiger partial charge in [-0.05, 0) is 17.5 Å². The summed E-state index contributed by atoms with van der Waals surface area (Å²) in [7, 11) is 0. The summed E-state index contributed by atoms with van der Waals surface area (Å²) in [6, 6.07) is 17.7. The summed E-state index contributed by atoms with van der Waals surface area (Å²) in [6.45, 7) is 1.24. The Hall–Kier alpha value is -1.93. The summed E-state index contributed by atoms with van der Waals surface area (Å²) in [5, 5.41) is 0. The van der Waals surface area contributed by atoms with Gasteiger partial charge in [-0.2, -0.15) is 0 Å². The molecule has 0 heterocycles. The van der Waals surface area contributed by atoms with Crippen LogP contribution in [0.4, 0.5) is 0 Å². The molecule has 18 heavy (non-hydrogen) atoms. The van der Waals surface area contributed by atoms with Crippen molar-refractivity contribution in [2.75, 3.05) is 6.61 Å². The van der Waals surface area contributed by atoms with Crippen molar-refractivity contribution in [3.05, 3.63) is 71.3 Å². The second-order valence-electron chi connectivity index (χ2n) is 4.10. The lowest BCUT2D eigenvalue weighted by atomic mass is 10.1. The predicted molar refractivity (Wildman–Crippen MR) is 71.6 cm³/mol. The molecule has 0 N–H and O–H groups in total. The molecule has 0 fully saturated rings. The van der Waals surface area contributed by atoms with Crippen LogP contribution < -0.4 is 0 Å². The lowest BCUT2D eigenvalue weighted by Crippen LogP contribution is -2.01. The average Bonchev–Trinajstić information content (AvgIpc) is 2.45. The van der Waals surface area contributed by atoms with E-state index >= 15 is 0 Å². The van der Waals surface area contributed by atoms with Crippen molar-refractivity contribution in [2.45, 2.75) is 13.0 Å². The molecule has 2 nitrogen and oxygen atoms in total. The zero-order valence-electron chi connectivity index (χ0n) is 10.2. The van der Waals surface area contributed by atoms with Crippen LogP contribution in [0.5, 0.6) is 0 Å². The van der Waals surface area contributed by atoms with Crippen LogP contribution in [0.25, 0.3) is 0 Å². The molecule has 0 aliphatic carbocycles. The highest BCUT2D eigenvalue weighted by Gasteiger charge is 2.00. The van der Waals surface area contributed by atoms with Gasteiger partial charge in [-0.15, -0.1) is 0 Å². The smallest absolute Gasteiger partial charge is 0.150 e. The maximum Gasteiger partial charge on any atom is 0.150 e. The Morgan fingerprint density at radius 3 is 2.44 bits per heavy atom. The van der Waals surface area contributed by atoms with Crippen LogP contribution in [0, 0.1) is 0 Å². The summed E-state index contributed by atoms with van der Waals surface area (Å²) in [6.07, 6.45) is 1.66. The Balaban J connectivity index is 1.80. The van der Waals surface area contributed by atoms with E-state index in [1.807, 2.05) is 54.6 Å². The SMILES string of the molecule is O=Cc1ccccc1CCOCc1ccccc1. The Kier molecular flexibility index (Phi) is 4.68. The van der Waals surface area contributed by atoms with Crippen molar-refractivity contribution in [2.24, 2.45) is 0 Å². The molecule has 0 saturated heterocycles. The third-order valence-corrected chi connectivity index (χ3v) is 2.81. The number of hydrogen-bond donors (Lipinski definition) is 0. The van der Waals surface area contributed by atoms with E-state index in [1.54, 1.807) is 0 Å². The number of ether oxygens (including phenoxy) is 1. The number of rotatable bonds is 6. The van der Waals surface area contributed by atoms with Crippen LogP contribution in [0.3, 0.4) is 0 Å². The van der Waals surface area contributed by atoms with Crippen LogP contribution in [-0.4, -0.2) is 12.9 Å². The molecule has 92 valence electrons. The highest BCUT2D eigenvalue weighted by Crippen LogP contribution is 2.08. The average molecular weight is 240 g/mol. The van der Waals surface area contributed by atoms with E-state index in [4.69, 9.17) is 4.74 Å². The molecule has 0 spiro atoms. The van der Waals surface area contributed by atoms with E-state index < -0.39 is 0 Å². The number of hydrogen-bond acceptors (Lipinski definition) is 2. The van der Waals surface area contributed by atoms with Gasteiger partial charge in [-0.25, -0.2) is 0 Å². The first-order valence-electron chi connectivity index (χ1n) is 6.05. The van der Waals surface area contributed by atoms with E-state index in [2.05, 4.69) is 0 Å². The largest absolute Gasteiger partial charge is 0.376 e. The third-order valence-electron chi connectivity index (χ3n) is 2.81. The Morgan fingerprint density at radius 1 is 0.944 bits per heavy atom. The standard InChI is InChI=1S/C16H16O2/c17-12-16-9-5-4-8-15(16)10-11-18-13-14-6-2-1-3-7-14/h1-9,12H,10-11,13H2. The fourth-order valence-electron chi connectivity index (χ4n) is 1.82. The number of carbonyl (C=O) groups is 1.